The third kappa shape index (κ3) is 3.63. The second kappa shape index (κ2) is 7.45. The van der Waals surface area contributed by atoms with E-state index in [1.807, 2.05) is 54.7 Å². The minimum Gasteiger partial charge on any atom is -0.319 e. The van der Waals surface area contributed by atoms with Crippen LogP contribution in [-0.2, 0) is 6.54 Å². The molecule has 0 spiro atoms. The molecule has 2 aromatic carbocycles. The number of hydrogen-bond donors (Lipinski definition) is 0. The Bertz CT molecular complexity index is 1070. The van der Waals surface area contributed by atoms with Crippen LogP contribution in [0.15, 0.2) is 90.2 Å². The molecule has 128 valence electrons. The minimum absolute atomic E-state index is 0.466. The molecule has 0 bridgehead atoms. The molecule has 3 nitrogen and oxygen atoms in total. The van der Waals surface area contributed by atoms with E-state index < -0.39 is 5.95 Å². The van der Waals surface area contributed by atoms with Crippen molar-refractivity contribution in [2.45, 2.75) is 6.54 Å². The van der Waals surface area contributed by atoms with Crippen molar-refractivity contribution in [3.8, 4) is 10.4 Å². The topological polar surface area (TPSA) is 30.2 Å². The van der Waals surface area contributed by atoms with Crippen LogP contribution < -0.4 is 4.80 Å². The van der Waals surface area contributed by atoms with E-state index in [-0.39, 0.29) is 0 Å². The number of pyridine rings is 1. The Labute approximate surface area is 154 Å². The Morgan fingerprint density at radius 2 is 1.65 bits per heavy atom. The summed E-state index contributed by atoms with van der Waals surface area (Å²) in [6.07, 6.45) is 3.40. The number of nitrogens with zero attached hydrogens (tertiary/aromatic N) is 3. The second-order valence-electron chi connectivity index (χ2n) is 5.78. The number of thiazole rings is 1. The lowest BCUT2D eigenvalue weighted by Gasteiger charge is -2.03. The smallest absolute Gasteiger partial charge is 0.221 e. The third-order valence-corrected chi connectivity index (χ3v) is 4.97. The highest BCUT2D eigenvalue weighted by Crippen LogP contribution is 2.24. The Kier molecular flexibility index (Phi) is 4.71. The van der Waals surface area contributed by atoms with Crippen LogP contribution >= 0.6 is 11.3 Å². The van der Waals surface area contributed by atoms with Gasteiger partial charge in [0.1, 0.15) is 0 Å². The first-order valence-electron chi connectivity index (χ1n) is 8.24. The molecule has 0 radical (unpaired) electrons. The van der Waals surface area contributed by atoms with Gasteiger partial charge in [-0.3, -0.25) is 0 Å². The van der Waals surface area contributed by atoms with E-state index in [1.165, 1.54) is 17.5 Å². The maximum Gasteiger partial charge on any atom is 0.221 e. The van der Waals surface area contributed by atoms with Crippen LogP contribution in [0.1, 0.15) is 5.56 Å². The quantitative estimate of drug-likeness (QED) is 0.469. The number of benzene rings is 2. The lowest BCUT2D eigenvalue weighted by molar-refractivity contribution is 0.588. The van der Waals surface area contributed by atoms with E-state index in [1.54, 1.807) is 12.1 Å². The van der Waals surface area contributed by atoms with Gasteiger partial charge in [-0.2, -0.15) is 4.39 Å². The fourth-order valence-electron chi connectivity index (χ4n) is 2.67. The lowest BCUT2D eigenvalue weighted by atomic mass is 10.2. The highest BCUT2D eigenvalue weighted by molar-refractivity contribution is 7.12. The van der Waals surface area contributed by atoms with Crippen molar-refractivity contribution in [2.24, 2.45) is 4.99 Å². The van der Waals surface area contributed by atoms with E-state index in [4.69, 9.17) is 4.99 Å². The zero-order chi connectivity index (χ0) is 17.8. The summed E-state index contributed by atoms with van der Waals surface area (Å²) in [7, 11) is 0. The highest BCUT2D eigenvalue weighted by atomic mass is 32.1. The van der Waals surface area contributed by atoms with Crippen LogP contribution in [0.2, 0.25) is 0 Å². The van der Waals surface area contributed by atoms with Gasteiger partial charge in [0, 0.05) is 24.5 Å². The predicted molar refractivity (Wildman–Crippen MR) is 103 cm³/mol. The molecule has 0 aliphatic carbocycles. The maximum atomic E-state index is 14.1. The van der Waals surface area contributed by atoms with Crippen LogP contribution in [0, 0.1) is 5.95 Å². The minimum atomic E-state index is -0.466. The number of aromatic nitrogens is 2. The van der Waals surface area contributed by atoms with Crippen LogP contribution in [0.5, 0.6) is 0 Å². The van der Waals surface area contributed by atoms with Gasteiger partial charge in [0.05, 0.1) is 10.6 Å². The molecule has 0 aliphatic heterocycles. The number of para-hydroxylation sites is 1. The molecule has 0 N–H and O–H groups in total. The Hall–Kier alpha value is -3.05. The largest absolute Gasteiger partial charge is 0.319 e. The molecule has 0 saturated heterocycles. The molecule has 2 aromatic heterocycles. The first kappa shape index (κ1) is 16.4. The van der Waals surface area contributed by atoms with Crippen molar-refractivity contribution in [3.05, 3.63) is 102 Å². The molecule has 0 aliphatic rings. The predicted octanol–water partition coefficient (Wildman–Crippen LogP) is 5.03. The molecular formula is C21H16FN3S. The van der Waals surface area contributed by atoms with Crippen molar-refractivity contribution in [1.29, 1.82) is 0 Å². The Morgan fingerprint density at radius 1 is 0.923 bits per heavy atom. The molecule has 26 heavy (non-hydrogen) atoms. The average molecular weight is 361 g/mol. The van der Waals surface area contributed by atoms with Gasteiger partial charge in [-0.1, -0.05) is 59.9 Å². The standard InChI is InChI=1S/C21H16FN3S/c22-20-18(12-7-13-23-20)19-15-25(14-16-8-3-1-4-9-16)21(26-19)24-17-10-5-2-6-11-17/h1-13,15H,14H2/b24-21+. The molecule has 4 rings (SSSR count). The van der Waals surface area contributed by atoms with Gasteiger partial charge < -0.3 is 4.57 Å². The Morgan fingerprint density at radius 3 is 2.38 bits per heavy atom. The summed E-state index contributed by atoms with van der Waals surface area (Å²) in [5, 5.41) is 0. The summed E-state index contributed by atoms with van der Waals surface area (Å²) in [6.45, 7) is 0.672. The molecule has 0 saturated carbocycles. The van der Waals surface area contributed by atoms with Crippen molar-refractivity contribution >= 4 is 17.0 Å². The summed E-state index contributed by atoms with van der Waals surface area (Å²) in [6, 6.07) is 23.4. The van der Waals surface area contributed by atoms with Crippen molar-refractivity contribution in [3.63, 3.8) is 0 Å². The number of rotatable bonds is 4. The zero-order valence-electron chi connectivity index (χ0n) is 13.9. The van der Waals surface area contributed by atoms with Gasteiger partial charge in [-0.25, -0.2) is 9.98 Å². The SMILES string of the molecule is Fc1ncccc1-c1cn(Cc2ccccc2)/c(=N\c2ccccc2)s1. The van der Waals surface area contributed by atoms with E-state index in [2.05, 4.69) is 21.7 Å². The Balaban J connectivity index is 1.83. The third-order valence-electron chi connectivity index (χ3n) is 3.92. The zero-order valence-corrected chi connectivity index (χ0v) is 14.7. The maximum absolute atomic E-state index is 14.1. The second-order valence-corrected chi connectivity index (χ2v) is 6.79. The normalized spacial score (nSPS) is 11.7. The summed E-state index contributed by atoms with van der Waals surface area (Å²) in [5.41, 5.74) is 2.53. The molecule has 4 aromatic rings. The number of halogens is 1. The molecule has 0 unspecified atom stereocenters. The van der Waals surface area contributed by atoms with Crippen molar-refractivity contribution < 1.29 is 4.39 Å². The fraction of sp³-hybridized carbons (Fsp3) is 0.0476. The van der Waals surface area contributed by atoms with E-state index >= 15 is 0 Å². The van der Waals surface area contributed by atoms with E-state index in [0.717, 1.165) is 20.9 Å². The van der Waals surface area contributed by atoms with Gasteiger partial charge in [0.2, 0.25) is 5.95 Å². The van der Waals surface area contributed by atoms with Crippen molar-refractivity contribution in [2.75, 3.05) is 0 Å². The van der Waals surface area contributed by atoms with Gasteiger partial charge in [0.25, 0.3) is 0 Å². The monoisotopic (exact) mass is 361 g/mol. The molecule has 5 heteroatoms. The summed E-state index contributed by atoms with van der Waals surface area (Å²) in [5.74, 6) is -0.466. The average Bonchev–Trinajstić information content (AvgIpc) is 3.06. The van der Waals surface area contributed by atoms with E-state index in [9.17, 15) is 4.39 Å². The first-order chi connectivity index (χ1) is 12.8. The van der Waals surface area contributed by atoms with Gasteiger partial charge in [-0.15, -0.1) is 0 Å². The lowest BCUT2D eigenvalue weighted by Crippen LogP contribution is -2.14. The van der Waals surface area contributed by atoms with E-state index in [0.29, 0.717) is 12.1 Å². The summed E-state index contributed by atoms with van der Waals surface area (Å²) in [4.78, 5) is 10.1. The fourth-order valence-corrected chi connectivity index (χ4v) is 3.69. The van der Waals surface area contributed by atoms with Crippen LogP contribution in [0.3, 0.4) is 0 Å². The highest BCUT2D eigenvalue weighted by Gasteiger charge is 2.11. The summed E-state index contributed by atoms with van der Waals surface area (Å²) >= 11 is 1.46. The van der Waals surface area contributed by atoms with Gasteiger partial charge in [-0.05, 0) is 29.8 Å². The van der Waals surface area contributed by atoms with Crippen molar-refractivity contribution in [1.82, 2.24) is 9.55 Å². The molecule has 0 fully saturated rings. The van der Waals surface area contributed by atoms with Crippen LogP contribution in [0.4, 0.5) is 10.1 Å². The molecule has 0 atom stereocenters. The number of hydrogen-bond acceptors (Lipinski definition) is 3. The first-order valence-corrected chi connectivity index (χ1v) is 9.06. The molecule has 0 amide bonds. The van der Waals surface area contributed by atoms with Crippen LogP contribution in [-0.4, -0.2) is 9.55 Å². The molecule has 2 heterocycles. The van der Waals surface area contributed by atoms with Crippen LogP contribution in [0.25, 0.3) is 10.4 Å². The van der Waals surface area contributed by atoms with Gasteiger partial charge >= 0.3 is 0 Å². The van der Waals surface area contributed by atoms with Gasteiger partial charge in [0.15, 0.2) is 4.80 Å². The summed E-state index contributed by atoms with van der Waals surface area (Å²) < 4.78 is 16.2. The molecular weight excluding hydrogens is 345 g/mol.